The van der Waals surface area contributed by atoms with Gasteiger partial charge < -0.3 is 119 Å². The molecule has 31 atom stereocenters. The predicted molar refractivity (Wildman–Crippen MR) is 289 cm³/mol. The zero-order valence-electron chi connectivity index (χ0n) is 50.0. The van der Waals surface area contributed by atoms with E-state index in [1.54, 1.807) is 19.9 Å². The van der Waals surface area contributed by atoms with Gasteiger partial charge in [0.15, 0.2) is 31.3 Å². The molecule has 85 heavy (non-hydrogen) atoms. The first-order valence-electron chi connectivity index (χ1n) is 30.0. The zero-order valence-corrected chi connectivity index (χ0v) is 50.0. The van der Waals surface area contributed by atoms with Gasteiger partial charge in [-0.15, -0.1) is 0 Å². The number of hydrogen-bond donors (Lipinski definition) is 15. The smallest absolute Gasteiger partial charge is 0.335 e. The molecular formula is C59H94O26. The van der Waals surface area contributed by atoms with Crippen LogP contribution in [0.3, 0.4) is 0 Å². The standard InChI is InChI=1S/C59H94O26/c1-11-23(2)49(76)85-47-46(73)59(22-62)26(18-54(47,4)5)25-12-13-30-56(8)16-15-32(55(6,7)29(56)14-17-57(30,9)58(25,10)19-31(59)63)80-53-45(84-51-39(70)37(68)34(65)27(20-60)78-51)43(40(71)44(83-53)48(74)75)82-52-41(72)42(35(66)28(21-61)79-52)81-50-38(69)36(67)33(64)24(3)77-50/h11-12,24,26-47,50-53,60-73H,13-22H2,1-10H3,(H,74,75)/b23-11+/t24?,26?,27?,28-,29+,30-,31-,32?,33+,34-,35+,36?,37?,38?,39-,40?,41?,42+,43+,44+,45?,46+,47?,50?,51+,52?,53?,56?,57?,58-,59?/m1/s1. The third kappa shape index (κ3) is 10.8. The fourth-order valence-corrected chi connectivity index (χ4v) is 17.3. The summed E-state index contributed by atoms with van der Waals surface area (Å²) in [5.41, 5.74) is -3.08. The Hall–Kier alpha value is -2.46. The Morgan fingerprint density at radius 1 is 0.635 bits per heavy atom. The van der Waals surface area contributed by atoms with Crippen molar-refractivity contribution in [1.82, 2.24) is 0 Å². The maximum absolute atomic E-state index is 13.2. The molecule has 0 radical (unpaired) electrons. The Kier molecular flexibility index (Phi) is 19.1. The summed E-state index contributed by atoms with van der Waals surface area (Å²) in [7, 11) is 0. The fraction of sp³-hybridized carbons (Fsp3) is 0.898. The SMILES string of the molecule is C/C=C(\C)C(=O)OC1[C@H](O)C2(CO)C(CC1(C)C)C1=CC[C@@H]3C4(C)CCC(OC5O[C@H](C(=O)O)C(O)[C@H](OC6O[C@H](CO)[C@H](O)[C@H](OC7OC(C)[C@H](O)C(O)C7O)C6O)C5O[C@@H]5OC(CO)[C@@H](O)C(O)[C@H]5O)C(C)(C)[C@@H]4CCC3(C)[C@]1(C)C[C@H]2O. The molecule has 26 heteroatoms. The average Bonchev–Trinajstić information content (AvgIpc) is 0.736. The summed E-state index contributed by atoms with van der Waals surface area (Å²) in [6, 6.07) is 0. The van der Waals surface area contributed by atoms with E-state index in [4.69, 9.17) is 42.6 Å². The van der Waals surface area contributed by atoms with Gasteiger partial charge in [0, 0.05) is 11.0 Å². The molecule has 9 aliphatic rings. The van der Waals surface area contributed by atoms with Crippen LogP contribution in [0.1, 0.15) is 114 Å². The van der Waals surface area contributed by atoms with E-state index < -0.39 is 217 Å². The number of ether oxygens (including phenoxy) is 9. The van der Waals surface area contributed by atoms with E-state index in [1.807, 2.05) is 27.7 Å². The molecule has 0 amide bonds. The number of aliphatic hydroxyl groups is 14. The number of hydrogen-bond acceptors (Lipinski definition) is 25. The van der Waals surface area contributed by atoms with E-state index in [2.05, 4.69) is 26.8 Å². The Morgan fingerprint density at radius 2 is 1.21 bits per heavy atom. The number of carbonyl (C=O) groups is 2. The average molecular weight is 1220 g/mol. The number of fused-ring (bicyclic) bond motifs is 7. The van der Waals surface area contributed by atoms with Crippen molar-refractivity contribution in [2.45, 2.75) is 261 Å². The second-order valence-corrected chi connectivity index (χ2v) is 27.9. The van der Waals surface area contributed by atoms with E-state index in [0.29, 0.717) is 44.1 Å². The van der Waals surface area contributed by atoms with Crippen molar-refractivity contribution < 1.29 is 129 Å². The normalized spacial score (nSPS) is 52.4. The molecule has 4 saturated carbocycles. The number of carbonyl (C=O) groups excluding carboxylic acids is 1. The van der Waals surface area contributed by atoms with E-state index in [0.717, 1.165) is 5.57 Å². The molecule has 4 aliphatic heterocycles. The van der Waals surface area contributed by atoms with E-state index >= 15 is 0 Å². The number of rotatable bonds is 14. The van der Waals surface area contributed by atoms with Crippen LogP contribution in [-0.2, 0) is 52.2 Å². The summed E-state index contributed by atoms with van der Waals surface area (Å²) >= 11 is 0. The molecule has 0 bridgehead atoms. The Balaban J connectivity index is 1.02. The highest BCUT2D eigenvalue weighted by atomic mass is 16.8. The first kappa shape index (κ1) is 66.9. The summed E-state index contributed by atoms with van der Waals surface area (Å²) in [5, 5.41) is 167. The van der Waals surface area contributed by atoms with Gasteiger partial charge in [-0.2, -0.15) is 0 Å². The summed E-state index contributed by atoms with van der Waals surface area (Å²) < 4.78 is 54.6. The predicted octanol–water partition coefficient (Wildman–Crippen LogP) is -2.01. The molecule has 486 valence electrons. The van der Waals surface area contributed by atoms with Crippen LogP contribution in [-0.4, -0.2) is 256 Å². The molecule has 26 nitrogen and oxygen atoms in total. The van der Waals surface area contributed by atoms with Gasteiger partial charge in [-0.1, -0.05) is 66.2 Å². The quantitative estimate of drug-likeness (QED) is 0.0387. The van der Waals surface area contributed by atoms with Crippen LogP contribution in [0.15, 0.2) is 23.3 Å². The van der Waals surface area contributed by atoms with E-state index in [-0.39, 0.29) is 18.3 Å². The summed E-state index contributed by atoms with van der Waals surface area (Å²) in [6.45, 7) is 17.0. The molecule has 4 saturated heterocycles. The number of carboxylic acids is 1. The Bertz CT molecular complexity index is 2460. The first-order valence-corrected chi connectivity index (χ1v) is 30.0. The lowest BCUT2D eigenvalue weighted by Gasteiger charge is -2.72. The lowest BCUT2D eigenvalue weighted by atomic mass is 9.33. The van der Waals surface area contributed by atoms with Crippen molar-refractivity contribution in [1.29, 1.82) is 0 Å². The maximum atomic E-state index is 13.2. The first-order chi connectivity index (χ1) is 39.7. The number of esters is 1. The number of allylic oxidation sites excluding steroid dienone is 3. The lowest BCUT2D eigenvalue weighted by molar-refractivity contribution is -0.402. The van der Waals surface area contributed by atoms with Crippen LogP contribution in [0.5, 0.6) is 0 Å². The molecule has 0 aromatic heterocycles. The topological polar surface area (TPSA) is 421 Å². The summed E-state index contributed by atoms with van der Waals surface area (Å²) in [4.78, 5) is 26.4. The molecule has 0 aromatic carbocycles. The second kappa shape index (κ2) is 24.3. The number of carboxylic acid groups (broad SMARTS) is 1. The fourth-order valence-electron chi connectivity index (χ4n) is 17.3. The molecule has 4 heterocycles. The van der Waals surface area contributed by atoms with Crippen molar-refractivity contribution in [3.63, 3.8) is 0 Å². The van der Waals surface area contributed by atoms with E-state index in [9.17, 15) is 86.2 Å². The molecule has 9 rings (SSSR count). The largest absolute Gasteiger partial charge is 0.479 e. The highest BCUT2D eigenvalue weighted by Gasteiger charge is 2.73. The highest BCUT2D eigenvalue weighted by Crippen LogP contribution is 2.76. The Morgan fingerprint density at radius 3 is 1.81 bits per heavy atom. The van der Waals surface area contributed by atoms with Gasteiger partial charge in [-0.3, -0.25) is 0 Å². The van der Waals surface area contributed by atoms with Crippen LogP contribution >= 0.6 is 0 Å². The maximum Gasteiger partial charge on any atom is 0.335 e. The van der Waals surface area contributed by atoms with Gasteiger partial charge in [-0.05, 0) is 105 Å². The molecule has 17 unspecified atom stereocenters. The summed E-state index contributed by atoms with van der Waals surface area (Å²) in [5.74, 6) is -2.89. The molecular weight excluding hydrogens is 1120 g/mol. The van der Waals surface area contributed by atoms with Crippen molar-refractivity contribution >= 4 is 11.9 Å². The minimum Gasteiger partial charge on any atom is -0.479 e. The van der Waals surface area contributed by atoms with Crippen molar-refractivity contribution in [3.05, 3.63) is 23.3 Å². The minimum absolute atomic E-state index is 0.00194. The third-order valence-electron chi connectivity index (χ3n) is 22.7. The van der Waals surface area contributed by atoms with Crippen molar-refractivity contribution in [3.8, 4) is 0 Å². The highest BCUT2D eigenvalue weighted by molar-refractivity contribution is 5.87. The molecule has 0 spiro atoms. The number of aliphatic hydroxyl groups excluding tert-OH is 14. The van der Waals surface area contributed by atoms with Gasteiger partial charge >= 0.3 is 11.9 Å². The van der Waals surface area contributed by atoms with Gasteiger partial charge in [0.1, 0.15) is 97.7 Å². The minimum atomic E-state index is -2.26. The monoisotopic (exact) mass is 1220 g/mol. The van der Waals surface area contributed by atoms with Crippen molar-refractivity contribution in [2.24, 2.45) is 50.2 Å². The Labute approximate surface area is 494 Å². The van der Waals surface area contributed by atoms with Crippen LogP contribution in [0.2, 0.25) is 0 Å². The zero-order chi connectivity index (χ0) is 62.7. The van der Waals surface area contributed by atoms with Crippen LogP contribution in [0, 0.1) is 50.2 Å². The van der Waals surface area contributed by atoms with Crippen LogP contribution in [0.4, 0.5) is 0 Å². The second-order valence-electron chi connectivity index (χ2n) is 27.9. The molecule has 0 aromatic rings. The van der Waals surface area contributed by atoms with Gasteiger partial charge in [0.2, 0.25) is 0 Å². The third-order valence-corrected chi connectivity index (χ3v) is 22.7. The molecule has 8 fully saturated rings. The van der Waals surface area contributed by atoms with E-state index in [1.165, 1.54) is 6.92 Å². The van der Waals surface area contributed by atoms with Gasteiger partial charge in [-0.25, -0.2) is 9.59 Å². The van der Waals surface area contributed by atoms with Crippen LogP contribution in [0.25, 0.3) is 0 Å². The van der Waals surface area contributed by atoms with Crippen LogP contribution < -0.4 is 0 Å². The van der Waals surface area contributed by atoms with Gasteiger partial charge in [0.25, 0.3) is 0 Å². The van der Waals surface area contributed by atoms with Crippen molar-refractivity contribution in [2.75, 3.05) is 19.8 Å². The molecule has 15 N–H and O–H groups in total. The van der Waals surface area contributed by atoms with Gasteiger partial charge in [0.05, 0.1) is 43.5 Å². The lowest BCUT2D eigenvalue weighted by Crippen LogP contribution is -2.72. The molecule has 5 aliphatic carbocycles. The number of aliphatic carboxylic acids is 1. The summed E-state index contributed by atoms with van der Waals surface area (Å²) in [6.07, 6.45) is -34.7.